The van der Waals surface area contributed by atoms with Gasteiger partial charge in [0, 0.05) is 54.1 Å². The van der Waals surface area contributed by atoms with Crippen LogP contribution in [-0.4, -0.2) is 63.1 Å². The molecule has 2 aliphatic rings. The molecule has 2 aromatic carbocycles. The standard InChI is InChI=1S/C24H27BrN6O2S/c1-3-10-31-21-9-4-17(25)15-20(21)23-22(34(31,32)33)16-26-24(28-23)27-18-5-7-19(8-6-18)30-13-11-29(2)12-14-30/h4-9,15-16H,3,10-14H2,1-2H3,(H,26,27,28). The minimum atomic E-state index is -3.73. The number of fused-ring (bicyclic) bond motifs is 3. The van der Waals surface area contributed by atoms with Gasteiger partial charge in [-0.3, -0.25) is 4.31 Å². The molecular weight excluding hydrogens is 516 g/mol. The van der Waals surface area contributed by atoms with E-state index in [1.165, 1.54) is 16.2 Å². The van der Waals surface area contributed by atoms with Crippen LogP contribution < -0.4 is 14.5 Å². The summed E-state index contributed by atoms with van der Waals surface area (Å²) in [5, 5.41) is 3.23. The number of hydrogen-bond acceptors (Lipinski definition) is 7. The molecule has 2 aliphatic heterocycles. The molecule has 0 radical (unpaired) electrons. The first kappa shape index (κ1) is 23.1. The van der Waals surface area contributed by atoms with Crippen LogP contribution in [0.2, 0.25) is 0 Å². The van der Waals surface area contributed by atoms with Crippen LogP contribution in [0.3, 0.4) is 0 Å². The molecule has 0 saturated carbocycles. The van der Waals surface area contributed by atoms with Crippen molar-refractivity contribution in [2.45, 2.75) is 18.2 Å². The fraction of sp³-hybridized carbons (Fsp3) is 0.333. The zero-order valence-corrected chi connectivity index (χ0v) is 21.6. The van der Waals surface area contributed by atoms with Crippen molar-refractivity contribution < 1.29 is 8.42 Å². The van der Waals surface area contributed by atoms with Crippen LogP contribution in [0.25, 0.3) is 11.3 Å². The van der Waals surface area contributed by atoms with Crippen molar-refractivity contribution in [2.24, 2.45) is 0 Å². The number of likely N-dealkylation sites (N-methyl/N-ethyl adjacent to an activating group) is 1. The molecule has 0 aliphatic carbocycles. The summed E-state index contributed by atoms with van der Waals surface area (Å²) < 4.78 is 29.0. The van der Waals surface area contributed by atoms with Crippen molar-refractivity contribution in [3.63, 3.8) is 0 Å². The van der Waals surface area contributed by atoms with Crippen molar-refractivity contribution >= 4 is 49.0 Å². The number of rotatable bonds is 5. The molecule has 8 nitrogen and oxygen atoms in total. The van der Waals surface area contributed by atoms with E-state index in [2.05, 4.69) is 60.2 Å². The molecule has 0 bridgehead atoms. The minimum Gasteiger partial charge on any atom is -0.369 e. The highest BCUT2D eigenvalue weighted by Crippen LogP contribution is 2.43. The van der Waals surface area contributed by atoms with Gasteiger partial charge in [0.1, 0.15) is 4.90 Å². The maximum atomic E-state index is 13.3. The third kappa shape index (κ3) is 4.25. The van der Waals surface area contributed by atoms with Crippen LogP contribution in [0.5, 0.6) is 0 Å². The Hall–Kier alpha value is -2.69. The topological polar surface area (TPSA) is 81.7 Å². The first-order chi connectivity index (χ1) is 16.4. The molecule has 0 unspecified atom stereocenters. The summed E-state index contributed by atoms with van der Waals surface area (Å²) in [7, 11) is -1.58. The Morgan fingerprint density at radius 1 is 1.06 bits per heavy atom. The van der Waals surface area contributed by atoms with Crippen molar-refractivity contribution in [3.8, 4) is 11.3 Å². The Balaban J connectivity index is 1.45. The highest BCUT2D eigenvalue weighted by molar-refractivity contribution is 9.10. The summed E-state index contributed by atoms with van der Waals surface area (Å²) in [6.45, 7) is 6.49. The maximum absolute atomic E-state index is 13.3. The fourth-order valence-electron chi connectivity index (χ4n) is 4.37. The lowest BCUT2D eigenvalue weighted by Crippen LogP contribution is -2.44. The van der Waals surface area contributed by atoms with Gasteiger partial charge in [0.2, 0.25) is 5.95 Å². The number of sulfonamides is 1. The highest BCUT2D eigenvalue weighted by Gasteiger charge is 2.36. The fourth-order valence-corrected chi connectivity index (χ4v) is 6.39. The van der Waals surface area contributed by atoms with E-state index in [0.29, 0.717) is 30.3 Å². The van der Waals surface area contributed by atoms with Crippen molar-refractivity contribution in [2.75, 3.05) is 54.3 Å². The number of halogens is 1. The number of hydrogen-bond donors (Lipinski definition) is 1. The molecule has 0 spiro atoms. The van der Waals surface area contributed by atoms with Gasteiger partial charge in [-0.1, -0.05) is 22.9 Å². The SMILES string of the molecule is CCCN1c2ccc(Br)cc2-c2nc(Nc3ccc(N4CCN(C)CC4)cc3)ncc2S1(=O)=O. The Kier molecular flexibility index (Phi) is 6.22. The molecule has 10 heteroatoms. The normalized spacial score (nSPS) is 17.3. The predicted octanol–water partition coefficient (Wildman–Crippen LogP) is 4.32. The average Bonchev–Trinajstić information content (AvgIpc) is 2.83. The van der Waals surface area contributed by atoms with Gasteiger partial charge in [-0.05, 0) is 55.9 Å². The lowest BCUT2D eigenvalue weighted by Gasteiger charge is -2.34. The summed E-state index contributed by atoms with van der Waals surface area (Å²) in [5.74, 6) is 0.358. The average molecular weight is 543 g/mol. The zero-order valence-electron chi connectivity index (χ0n) is 19.2. The lowest BCUT2D eigenvalue weighted by molar-refractivity contribution is 0.313. The molecule has 34 heavy (non-hydrogen) atoms. The molecule has 0 atom stereocenters. The van der Waals surface area contributed by atoms with E-state index in [4.69, 9.17) is 0 Å². The summed E-state index contributed by atoms with van der Waals surface area (Å²) in [4.78, 5) is 13.8. The second kappa shape index (κ2) is 9.16. The predicted molar refractivity (Wildman–Crippen MR) is 139 cm³/mol. The van der Waals surface area contributed by atoms with Gasteiger partial charge >= 0.3 is 0 Å². The van der Waals surface area contributed by atoms with Gasteiger partial charge in [0.25, 0.3) is 10.0 Å². The highest BCUT2D eigenvalue weighted by atomic mass is 79.9. The van der Waals surface area contributed by atoms with Crippen LogP contribution in [-0.2, 0) is 10.0 Å². The van der Waals surface area contributed by atoms with E-state index in [0.717, 1.165) is 41.9 Å². The van der Waals surface area contributed by atoms with Gasteiger partial charge < -0.3 is 15.1 Å². The van der Waals surface area contributed by atoms with E-state index < -0.39 is 10.0 Å². The molecule has 1 N–H and O–H groups in total. The monoisotopic (exact) mass is 542 g/mol. The van der Waals surface area contributed by atoms with Crippen LogP contribution in [0.1, 0.15) is 13.3 Å². The Labute approximate surface area is 208 Å². The van der Waals surface area contributed by atoms with Gasteiger partial charge in [0.15, 0.2) is 0 Å². The third-order valence-corrected chi connectivity index (χ3v) is 8.53. The Bertz CT molecular complexity index is 1310. The number of benzene rings is 2. The van der Waals surface area contributed by atoms with Crippen molar-refractivity contribution in [1.29, 1.82) is 0 Å². The van der Waals surface area contributed by atoms with Crippen molar-refractivity contribution in [1.82, 2.24) is 14.9 Å². The van der Waals surface area contributed by atoms with Gasteiger partial charge in [0.05, 0.1) is 17.6 Å². The molecule has 178 valence electrons. The van der Waals surface area contributed by atoms with Gasteiger partial charge in [-0.25, -0.2) is 18.4 Å². The second-order valence-electron chi connectivity index (χ2n) is 8.61. The molecule has 5 rings (SSSR count). The number of nitrogens with zero attached hydrogens (tertiary/aromatic N) is 5. The van der Waals surface area contributed by atoms with Crippen LogP contribution in [0.4, 0.5) is 23.0 Å². The lowest BCUT2D eigenvalue weighted by atomic mass is 10.1. The Morgan fingerprint density at radius 3 is 2.50 bits per heavy atom. The number of aromatic nitrogens is 2. The molecule has 3 aromatic rings. The van der Waals surface area contributed by atoms with E-state index >= 15 is 0 Å². The molecule has 1 fully saturated rings. The second-order valence-corrected chi connectivity index (χ2v) is 11.4. The number of piperazine rings is 1. The van der Waals surface area contributed by atoms with E-state index in [1.54, 1.807) is 0 Å². The maximum Gasteiger partial charge on any atom is 0.268 e. The summed E-state index contributed by atoms with van der Waals surface area (Å²) >= 11 is 3.51. The van der Waals surface area contributed by atoms with E-state index in [-0.39, 0.29) is 4.90 Å². The summed E-state index contributed by atoms with van der Waals surface area (Å²) in [6.07, 6.45) is 2.11. The number of anilines is 4. The third-order valence-electron chi connectivity index (χ3n) is 6.22. The van der Waals surface area contributed by atoms with Crippen LogP contribution in [0, 0.1) is 0 Å². The summed E-state index contributed by atoms with van der Waals surface area (Å²) in [5.41, 5.74) is 3.85. The first-order valence-electron chi connectivity index (χ1n) is 11.4. The van der Waals surface area contributed by atoms with Gasteiger partial charge in [-0.15, -0.1) is 0 Å². The molecular formula is C24H27BrN6O2S. The Morgan fingerprint density at radius 2 is 1.79 bits per heavy atom. The molecule has 0 amide bonds. The smallest absolute Gasteiger partial charge is 0.268 e. The molecule has 1 saturated heterocycles. The molecule has 1 aromatic heterocycles. The van der Waals surface area contributed by atoms with E-state index in [1.807, 2.05) is 37.3 Å². The van der Waals surface area contributed by atoms with Crippen LogP contribution in [0.15, 0.2) is 58.0 Å². The zero-order chi connectivity index (χ0) is 23.9. The quantitative estimate of drug-likeness (QED) is 0.514. The van der Waals surface area contributed by atoms with Gasteiger partial charge in [-0.2, -0.15) is 0 Å². The number of nitrogens with one attached hydrogen (secondary N) is 1. The largest absolute Gasteiger partial charge is 0.369 e. The molecule has 3 heterocycles. The summed E-state index contributed by atoms with van der Waals surface area (Å²) in [6, 6.07) is 13.8. The van der Waals surface area contributed by atoms with Crippen LogP contribution >= 0.6 is 15.9 Å². The first-order valence-corrected chi connectivity index (χ1v) is 13.6. The van der Waals surface area contributed by atoms with Crippen molar-refractivity contribution in [3.05, 3.63) is 53.1 Å². The van der Waals surface area contributed by atoms with E-state index in [9.17, 15) is 8.42 Å². The minimum absolute atomic E-state index is 0.127.